The fourth-order valence-electron chi connectivity index (χ4n) is 2.06. The van der Waals surface area contributed by atoms with Crippen molar-refractivity contribution in [3.8, 4) is 0 Å². The zero-order valence-corrected chi connectivity index (χ0v) is 18.2. The van der Waals surface area contributed by atoms with E-state index in [1.165, 1.54) is 0 Å². The smallest absolute Gasteiger partial charge is 0.250 e. The molecule has 2 aromatic rings. The van der Waals surface area contributed by atoms with Crippen molar-refractivity contribution in [3.63, 3.8) is 0 Å². The van der Waals surface area contributed by atoms with Crippen molar-refractivity contribution in [2.75, 3.05) is 11.9 Å². The zero-order valence-electron chi connectivity index (χ0n) is 13.7. The fraction of sp³-hybridized carbons (Fsp3) is 0.312. The molecular weight excluding hydrogens is 461 g/mol. The molecule has 0 fully saturated rings. The van der Waals surface area contributed by atoms with E-state index in [2.05, 4.69) is 20.3 Å². The molecule has 10 heteroatoms. The third-order valence-electron chi connectivity index (χ3n) is 3.22. The summed E-state index contributed by atoms with van der Waals surface area (Å²) in [6.45, 7) is 4.88. The molecule has 2 rings (SSSR count). The van der Waals surface area contributed by atoms with Crippen molar-refractivity contribution in [2.24, 2.45) is 0 Å². The number of nitrogens with zero attached hydrogens (tertiary/aromatic N) is 3. The lowest BCUT2D eigenvalue weighted by atomic mass is 10.1. The number of aryl methyl sites for hydroxylation is 1. The van der Waals surface area contributed by atoms with Gasteiger partial charge in [0.2, 0.25) is 7.59 Å². The van der Waals surface area contributed by atoms with E-state index >= 15 is 0 Å². The first-order valence-corrected chi connectivity index (χ1v) is 9.70. The van der Waals surface area contributed by atoms with Gasteiger partial charge in [-0.3, -0.25) is 0 Å². The molecular formula is C16H14Cl6N4. The van der Waals surface area contributed by atoms with Crippen molar-refractivity contribution >= 4 is 87.4 Å². The number of halogens is 6. The van der Waals surface area contributed by atoms with Crippen molar-refractivity contribution < 1.29 is 0 Å². The predicted octanol–water partition coefficient (Wildman–Crippen LogP) is 6.44. The number of hydrogen-bond acceptors (Lipinski definition) is 4. The lowest BCUT2D eigenvalue weighted by molar-refractivity contribution is 0.835. The molecule has 0 amide bonds. The van der Waals surface area contributed by atoms with Gasteiger partial charge >= 0.3 is 0 Å². The third-order valence-corrected chi connectivity index (χ3v) is 4.24. The number of rotatable bonds is 4. The molecule has 1 aromatic carbocycles. The number of alkyl halides is 6. The summed E-state index contributed by atoms with van der Waals surface area (Å²) in [6.07, 6.45) is 3.46. The summed E-state index contributed by atoms with van der Waals surface area (Å²) in [6, 6.07) is 5.98. The molecule has 0 radical (unpaired) electrons. The Morgan fingerprint density at radius 2 is 1.50 bits per heavy atom. The zero-order chi connectivity index (χ0) is 19.5. The van der Waals surface area contributed by atoms with Gasteiger partial charge in [0.05, 0.1) is 0 Å². The third kappa shape index (κ3) is 6.01. The van der Waals surface area contributed by atoms with Crippen LogP contribution in [0, 0.1) is 6.92 Å². The molecule has 140 valence electrons. The van der Waals surface area contributed by atoms with Crippen LogP contribution in [-0.2, 0) is 7.59 Å². The average Bonchev–Trinajstić information content (AvgIpc) is 2.52. The van der Waals surface area contributed by atoms with Gasteiger partial charge in [0.25, 0.3) is 0 Å². The SMILES string of the molecule is CCNc1ccc(C=Cc2nc(C(Cl)(Cl)Cl)nc(C(Cl)(Cl)Cl)n2)c(C)c1. The minimum atomic E-state index is -1.88. The van der Waals surface area contributed by atoms with Gasteiger partial charge in [-0.1, -0.05) is 81.7 Å². The summed E-state index contributed by atoms with van der Waals surface area (Å²) >= 11 is 35.2. The number of aromatic nitrogens is 3. The van der Waals surface area contributed by atoms with Gasteiger partial charge < -0.3 is 5.32 Å². The number of anilines is 1. The van der Waals surface area contributed by atoms with Crippen LogP contribution in [0.4, 0.5) is 5.69 Å². The monoisotopic (exact) mass is 472 g/mol. The number of nitrogens with one attached hydrogen (secondary N) is 1. The molecule has 0 atom stereocenters. The van der Waals surface area contributed by atoms with Crippen LogP contribution < -0.4 is 5.32 Å². The summed E-state index contributed by atoms with van der Waals surface area (Å²) in [5.41, 5.74) is 3.08. The lowest BCUT2D eigenvalue weighted by Crippen LogP contribution is -2.16. The number of benzene rings is 1. The molecule has 0 unspecified atom stereocenters. The van der Waals surface area contributed by atoms with Crippen molar-refractivity contribution in [3.05, 3.63) is 46.8 Å². The summed E-state index contributed by atoms with van der Waals surface area (Å²) in [4.78, 5) is 12.2. The Labute approximate surface area is 181 Å². The predicted molar refractivity (Wildman–Crippen MR) is 113 cm³/mol. The van der Waals surface area contributed by atoms with Gasteiger partial charge in [-0.25, -0.2) is 15.0 Å². The van der Waals surface area contributed by atoms with Gasteiger partial charge in [0, 0.05) is 12.2 Å². The molecule has 0 spiro atoms. The maximum atomic E-state index is 5.86. The van der Waals surface area contributed by atoms with E-state index in [9.17, 15) is 0 Å². The first-order valence-electron chi connectivity index (χ1n) is 7.43. The quantitative estimate of drug-likeness (QED) is 0.518. The molecule has 0 aliphatic rings. The molecule has 1 heterocycles. The van der Waals surface area contributed by atoms with Crippen molar-refractivity contribution in [2.45, 2.75) is 21.4 Å². The molecule has 0 aliphatic heterocycles. The Kier molecular flexibility index (Phi) is 7.28. The summed E-state index contributed by atoms with van der Waals surface area (Å²) in [5.74, 6) is -0.0480. The maximum Gasteiger partial charge on any atom is 0.250 e. The highest BCUT2D eigenvalue weighted by Gasteiger charge is 2.33. The molecule has 0 saturated carbocycles. The Morgan fingerprint density at radius 3 is 1.96 bits per heavy atom. The van der Waals surface area contributed by atoms with E-state index in [1.54, 1.807) is 6.08 Å². The van der Waals surface area contributed by atoms with Crippen LogP contribution in [0.1, 0.15) is 35.5 Å². The van der Waals surface area contributed by atoms with Gasteiger partial charge in [0.1, 0.15) is 0 Å². The second-order valence-corrected chi connectivity index (χ2v) is 9.83. The first-order chi connectivity index (χ1) is 12.0. The largest absolute Gasteiger partial charge is 0.385 e. The van der Waals surface area contributed by atoms with Gasteiger partial charge in [0.15, 0.2) is 17.5 Å². The van der Waals surface area contributed by atoms with E-state index < -0.39 is 7.59 Å². The molecule has 0 bridgehead atoms. The minimum absolute atomic E-state index is 0.127. The Hall–Kier alpha value is -0.490. The average molecular weight is 475 g/mol. The van der Waals surface area contributed by atoms with E-state index in [4.69, 9.17) is 69.6 Å². The van der Waals surface area contributed by atoms with Crippen LogP contribution in [0.3, 0.4) is 0 Å². The van der Waals surface area contributed by atoms with E-state index in [0.29, 0.717) is 0 Å². The first kappa shape index (κ1) is 21.8. The Bertz CT molecular complexity index is 779. The topological polar surface area (TPSA) is 50.7 Å². The highest BCUT2D eigenvalue weighted by Crippen LogP contribution is 2.40. The molecule has 1 aromatic heterocycles. The summed E-state index contributed by atoms with van der Waals surface area (Å²) in [7, 11) is 0. The number of hydrogen-bond donors (Lipinski definition) is 1. The lowest BCUT2D eigenvalue weighted by Gasteiger charge is -2.14. The van der Waals surface area contributed by atoms with E-state index in [-0.39, 0.29) is 17.5 Å². The second kappa shape index (κ2) is 8.68. The fourth-order valence-corrected chi connectivity index (χ4v) is 2.57. The van der Waals surface area contributed by atoms with E-state index in [0.717, 1.165) is 23.4 Å². The summed E-state index contributed by atoms with van der Waals surface area (Å²) in [5, 5.41) is 3.25. The van der Waals surface area contributed by atoms with Crippen LogP contribution in [-0.4, -0.2) is 21.5 Å². The molecule has 26 heavy (non-hydrogen) atoms. The maximum absolute atomic E-state index is 5.86. The minimum Gasteiger partial charge on any atom is -0.385 e. The highest BCUT2D eigenvalue weighted by atomic mass is 35.6. The standard InChI is InChI=1S/C16H14Cl6N4/c1-3-23-11-6-4-10(9(2)8-11)5-7-12-24-13(15(17,18)19)26-14(25-12)16(20,21)22/h4-8,23H,3H2,1-2H3. The van der Waals surface area contributed by atoms with Crippen LogP contribution in [0.5, 0.6) is 0 Å². The van der Waals surface area contributed by atoms with Crippen LogP contribution in [0.15, 0.2) is 18.2 Å². The van der Waals surface area contributed by atoms with Crippen LogP contribution in [0.25, 0.3) is 12.2 Å². The second-order valence-electron chi connectivity index (χ2n) is 5.27. The van der Waals surface area contributed by atoms with Gasteiger partial charge in [-0.15, -0.1) is 0 Å². The molecule has 0 aliphatic carbocycles. The van der Waals surface area contributed by atoms with E-state index in [1.807, 2.05) is 38.1 Å². The Morgan fingerprint density at radius 1 is 0.923 bits per heavy atom. The molecule has 0 saturated heterocycles. The van der Waals surface area contributed by atoms with Gasteiger partial charge in [-0.2, -0.15) is 0 Å². The Balaban J connectivity index is 2.41. The normalized spacial score (nSPS) is 12.6. The van der Waals surface area contributed by atoms with Crippen molar-refractivity contribution in [1.29, 1.82) is 0 Å². The van der Waals surface area contributed by atoms with Crippen LogP contribution in [0.2, 0.25) is 0 Å². The van der Waals surface area contributed by atoms with Gasteiger partial charge in [-0.05, 0) is 43.2 Å². The highest BCUT2D eigenvalue weighted by molar-refractivity contribution is 6.67. The van der Waals surface area contributed by atoms with Crippen LogP contribution >= 0.6 is 69.6 Å². The van der Waals surface area contributed by atoms with Crippen molar-refractivity contribution in [1.82, 2.24) is 15.0 Å². The summed E-state index contributed by atoms with van der Waals surface area (Å²) < 4.78 is -3.75. The molecule has 1 N–H and O–H groups in total. The molecule has 4 nitrogen and oxygen atoms in total.